The van der Waals surface area contributed by atoms with E-state index in [1.54, 1.807) is 6.20 Å². The SMILES string of the molecule is CC1(C)c2cccc3c4ccc(Oc5ccnc(-n6c7ccccc7c7cccnc76)c5)cc4c4nc(-c5ccccc5)c(n4c23)C1(C)C. The number of rotatable bonds is 4. The van der Waals surface area contributed by atoms with E-state index in [2.05, 4.69) is 128 Å². The molecule has 49 heavy (non-hydrogen) atoms. The zero-order chi connectivity index (χ0) is 33.1. The summed E-state index contributed by atoms with van der Waals surface area (Å²) in [6.07, 6.45) is 3.62. The second kappa shape index (κ2) is 9.77. The van der Waals surface area contributed by atoms with Gasteiger partial charge in [-0.05, 0) is 53.4 Å². The van der Waals surface area contributed by atoms with Crippen LogP contribution in [0.15, 0.2) is 128 Å². The Balaban J connectivity index is 1.18. The Kier molecular flexibility index (Phi) is 5.59. The summed E-state index contributed by atoms with van der Waals surface area (Å²) in [5, 5.41) is 5.67. The first-order valence-corrected chi connectivity index (χ1v) is 16.8. The molecule has 10 rings (SSSR count). The molecule has 0 atom stereocenters. The van der Waals surface area contributed by atoms with Gasteiger partial charge in [-0.25, -0.2) is 15.0 Å². The van der Waals surface area contributed by atoms with E-state index >= 15 is 0 Å². The topological polar surface area (TPSA) is 57.2 Å². The van der Waals surface area contributed by atoms with Crippen LogP contribution in [-0.4, -0.2) is 23.9 Å². The van der Waals surface area contributed by atoms with Gasteiger partial charge in [0.05, 0.1) is 22.4 Å². The first kappa shape index (κ1) is 28.0. The van der Waals surface area contributed by atoms with E-state index in [1.807, 2.05) is 30.5 Å². The zero-order valence-corrected chi connectivity index (χ0v) is 27.8. The van der Waals surface area contributed by atoms with Crippen molar-refractivity contribution in [3.05, 3.63) is 139 Å². The van der Waals surface area contributed by atoms with Gasteiger partial charge in [0.25, 0.3) is 0 Å². The first-order chi connectivity index (χ1) is 23.8. The van der Waals surface area contributed by atoms with Crippen molar-refractivity contribution in [2.24, 2.45) is 0 Å². The minimum Gasteiger partial charge on any atom is -0.457 e. The van der Waals surface area contributed by atoms with Gasteiger partial charge in [0, 0.05) is 56.4 Å². The zero-order valence-electron chi connectivity index (χ0n) is 27.8. The third-order valence-corrected chi connectivity index (χ3v) is 11.1. The van der Waals surface area contributed by atoms with E-state index in [0.717, 1.165) is 61.2 Å². The molecule has 0 amide bonds. The second-order valence-electron chi connectivity index (χ2n) is 14.2. The van der Waals surface area contributed by atoms with Crippen molar-refractivity contribution in [3.63, 3.8) is 0 Å². The standard InChI is InChI=1S/C43H33N5O/c1-42(2)34-17-10-15-31-29-20-19-27(24-33(29)41-46-37(26-12-6-5-7-13-26)39(43(42,3)4)48(41)38(31)34)49-28-21-23-44-36(25-28)47-35-18-9-8-14-30(35)32-16-11-22-45-40(32)47/h5-25H,1-4H3. The largest absolute Gasteiger partial charge is 0.457 e. The number of benzene rings is 4. The van der Waals surface area contributed by atoms with Crippen LogP contribution in [0.5, 0.6) is 11.5 Å². The molecule has 236 valence electrons. The van der Waals surface area contributed by atoms with Crippen molar-refractivity contribution in [3.8, 4) is 28.6 Å². The van der Waals surface area contributed by atoms with Crippen molar-refractivity contribution in [1.82, 2.24) is 23.9 Å². The smallest absolute Gasteiger partial charge is 0.146 e. The fourth-order valence-electron chi connectivity index (χ4n) is 8.09. The van der Waals surface area contributed by atoms with Crippen LogP contribution >= 0.6 is 0 Å². The summed E-state index contributed by atoms with van der Waals surface area (Å²) in [7, 11) is 0. The monoisotopic (exact) mass is 635 g/mol. The molecular weight excluding hydrogens is 603 g/mol. The summed E-state index contributed by atoms with van der Waals surface area (Å²) < 4.78 is 11.2. The van der Waals surface area contributed by atoms with Gasteiger partial charge in [-0.1, -0.05) is 94.4 Å². The maximum absolute atomic E-state index is 6.63. The summed E-state index contributed by atoms with van der Waals surface area (Å²) in [6.45, 7) is 9.47. The lowest BCUT2D eigenvalue weighted by Crippen LogP contribution is -2.44. The summed E-state index contributed by atoms with van der Waals surface area (Å²) in [4.78, 5) is 15.0. The van der Waals surface area contributed by atoms with Gasteiger partial charge in [0.2, 0.25) is 0 Å². The average molecular weight is 636 g/mol. The van der Waals surface area contributed by atoms with Crippen LogP contribution in [0.25, 0.3) is 66.3 Å². The fourth-order valence-corrected chi connectivity index (χ4v) is 8.09. The Hall–Kier alpha value is -6.01. The molecule has 1 aliphatic heterocycles. The molecule has 0 radical (unpaired) electrons. The summed E-state index contributed by atoms with van der Waals surface area (Å²) in [6, 6.07) is 40.0. The van der Waals surface area contributed by atoms with E-state index in [4.69, 9.17) is 19.7 Å². The van der Waals surface area contributed by atoms with Crippen molar-refractivity contribution in [1.29, 1.82) is 0 Å². The van der Waals surface area contributed by atoms with Crippen LogP contribution < -0.4 is 4.74 Å². The normalized spacial score (nSPS) is 14.9. The van der Waals surface area contributed by atoms with E-state index in [-0.39, 0.29) is 10.8 Å². The lowest BCUT2D eigenvalue weighted by molar-refractivity contribution is 0.289. The Morgan fingerprint density at radius 3 is 2.22 bits per heavy atom. The number of pyridine rings is 3. The quantitative estimate of drug-likeness (QED) is 0.181. The molecule has 9 aromatic rings. The first-order valence-electron chi connectivity index (χ1n) is 16.8. The Bertz CT molecular complexity index is 2750. The van der Waals surface area contributed by atoms with Crippen LogP contribution in [0.3, 0.4) is 0 Å². The van der Waals surface area contributed by atoms with Crippen LogP contribution in [0.2, 0.25) is 0 Å². The predicted octanol–water partition coefficient (Wildman–Crippen LogP) is 10.6. The summed E-state index contributed by atoms with van der Waals surface area (Å²) >= 11 is 0. The van der Waals surface area contributed by atoms with Crippen LogP contribution in [0.4, 0.5) is 0 Å². The highest BCUT2D eigenvalue weighted by molar-refractivity contribution is 6.14. The number of para-hydroxylation sites is 2. The highest BCUT2D eigenvalue weighted by Crippen LogP contribution is 2.53. The number of hydrogen-bond donors (Lipinski definition) is 0. The molecule has 0 fully saturated rings. The van der Waals surface area contributed by atoms with Gasteiger partial charge in [0.1, 0.15) is 28.6 Å². The van der Waals surface area contributed by atoms with Crippen molar-refractivity contribution in [2.75, 3.05) is 0 Å². The number of hydrogen-bond acceptors (Lipinski definition) is 4. The molecule has 5 aromatic heterocycles. The van der Waals surface area contributed by atoms with Gasteiger partial charge in [-0.3, -0.25) is 8.97 Å². The summed E-state index contributed by atoms with van der Waals surface area (Å²) in [5.74, 6) is 2.19. The Morgan fingerprint density at radius 2 is 1.35 bits per heavy atom. The number of nitrogens with zero attached hydrogens (tertiary/aromatic N) is 5. The summed E-state index contributed by atoms with van der Waals surface area (Å²) in [5.41, 5.74) is 8.53. The van der Waals surface area contributed by atoms with Crippen LogP contribution in [0, 0.1) is 0 Å². The van der Waals surface area contributed by atoms with Crippen LogP contribution in [0.1, 0.15) is 39.0 Å². The van der Waals surface area contributed by atoms with Gasteiger partial charge in [0.15, 0.2) is 0 Å². The minimum absolute atomic E-state index is 0.124. The van der Waals surface area contributed by atoms with Gasteiger partial charge < -0.3 is 4.74 Å². The Morgan fingerprint density at radius 1 is 0.571 bits per heavy atom. The maximum atomic E-state index is 6.63. The highest BCUT2D eigenvalue weighted by atomic mass is 16.5. The fraction of sp³-hybridized carbons (Fsp3) is 0.140. The third-order valence-electron chi connectivity index (χ3n) is 11.1. The molecule has 0 saturated carbocycles. The van der Waals surface area contributed by atoms with Crippen molar-refractivity contribution < 1.29 is 4.74 Å². The molecule has 0 aliphatic carbocycles. The lowest BCUT2D eigenvalue weighted by Gasteiger charge is -2.46. The molecule has 6 nitrogen and oxygen atoms in total. The van der Waals surface area contributed by atoms with Gasteiger partial charge in [-0.2, -0.15) is 0 Å². The van der Waals surface area contributed by atoms with E-state index in [1.165, 1.54) is 22.2 Å². The van der Waals surface area contributed by atoms with Gasteiger partial charge >= 0.3 is 0 Å². The van der Waals surface area contributed by atoms with Crippen molar-refractivity contribution >= 4 is 49.3 Å². The molecule has 0 bridgehead atoms. The molecule has 0 N–H and O–H groups in total. The number of aromatic nitrogens is 5. The molecule has 4 aromatic carbocycles. The molecule has 0 saturated heterocycles. The Labute approximate surface area is 283 Å². The number of ether oxygens (including phenoxy) is 1. The molecule has 0 unspecified atom stereocenters. The third kappa shape index (κ3) is 3.74. The van der Waals surface area contributed by atoms with E-state index in [9.17, 15) is 0 Å². The highest BCUT2D eigenvalue weighted by Gasteiger charge is 2.48. The minimum atomic E-state index is -0.199. The van der Waals surface area contributed by atoms with Gasteiger partial charge in [-0.15, -0.1) is 0 Å². The predicted molar refractivity (Wildman–Crippen MR) is 198 cm³/mol. The lowest BCUT2D eigenvalue weighted by atomic mass is 9.60. The van der Waals surface area contributed by atoms with E-state index in [0.29, 0.717) is 5.75 Å². The molecule has 1 aliphatic rings. The number of imidazole rings is 1. The molecule has 6 heterocycles. The van der Waals surface area contributed by atoms with Crippen molar-refractivity contribution in [2.45, 2.75) is 38.5 Å². The van der Waals surface area contributed by atoms with Crippen LogP contribution in [-0.2, 0) is 10.8 Å². The molecule has 0 spiro atoms. The number of fused-ring (bicyclic) bond motifs is 6. The average Bonchev–Trinajstić information content (AvgIpc) is 3.70. The van der Waals surface area contributed by atoms with E-state index < -0.39 is 0 Å². The molecular formula is C43H33N5O. The molecule has 6 heteroatoms. The second-order valence-corrected chi connectivity index (χ2v) is 14.2. The maximum Gasteiger partial charge on any atom is 0.146 e.